The molecule has 29 heavy (non-hydrogen) atoms. The number of carbonyl (C=O) groups excluding carboxylic acids is 1. The summed E-state index contributed by atoms with van der Waals surface area (Å²) in [6, 6.07) is 9.16. The highest BCUT2D eigenvalue weighted by molar-refractivity contribution is 6.15. The van der Waals surface area contributed by atoms with Crippen LogP contribution in [0.25, 0.3) is 6.08 Å². The van der Waals surface area contributed by atoms with Gasteiger partial charge in [-0.25, -0.2) is 0 Å². The van der Waals surface area contributed by atoms with Crippen molar-refractivity contribution in [3.8, 4) is 17.2 Å². The molecule has 2 aliphatic rings. The molecule has 1 atom stereocenters. The van der Waals surface area contributed by atoms with Gasteiger partial charge in [0, 0.05) is 13.1 Å². The Hall–Kier alpha value is -2.79. The number of ketones is 1. The Morgan fingerprint density at radius 2 is 2.17 bits per heavy atom. The summed E-state index contributed by atoms with van der Waals surface area (Å²) < 4.78 is 11.3. The van der Waals surface area contributed by atoms with Gasteiger partial charge in [-0.1, -0.05) is 19.1 Å². The van der Waals surface area contributed by atoms with Crippen LogP contribution in [-0.2, 0) is 6.54 Å². The molecule has 5 nitrogen and oxygen atoms in total. The van der Waals surface area contributed by atoms with Gasteiger partial charge >= 0.3 is 0 Å². The van der Waals surface area contributed by atoms with E-state index in [1.807, 2.05) is 31.2 Å². The molecule has 0 spiro atoms. The molecule has 2 aromatic carbocycles. The average Bonchev–Trinajstić information content (AvgIpc) is 3.02. The molecule has 0 radical (unpaired) electrons. The minimum Gasteiger partial charge on any atom is -0.507 e. The number of phenols is 1. The van der Waals surface area contributed by atoms with Crippen LogP contribution in [0.3, 0.4) is 0 Å². The minimum absolute atomic E-state index is 0.145. The smallest absolute Gasteiger partial charge is 0.232 e. The number of piperidine rings is 1. The number of benzene rings is 2. The van der Waals surface area contributed by atoms with Crippen LogP contribution in [0.2, 0.25) is 0 Å². The van der Waals surface area contributed by atoms with Crippen molar-refractivity contribution in [1.82, 2.24) is 4.90 Å². The summed E-state index contributed by atoms with van der Waals surface area (Å²) in [5, 5.41) is 10.6. The topological polar surface area (TPSA) is 59.0 Å². The first-order valence-corrected chi connectivity index (χ1v) is 10.1. The number of hydrogen-bond donors (Lipinski definition) is 1. The second-order valence-corrected chi connectivity index (χ2v) is 8.09. The monoisotopic (exact) mass is 393 g/mol. The number of ether oxygens (including phenoxy) is 2. The maximum Gasteiger partial charge on any atom is 0.232 e. The van der Waals surface area contributed by atoms with Crippen molar-refractivity contribution in [3.05, 3.63) is 58.3 Å². The lowest BCUT2D eigenvalue weighted by Gasteiger charge is -2.31. The third-order valence-corrected chi connectivity index (χ3v) is 5.74. The van der Waals surface area contributed by atoms with E-state index in [0.717, 1.165) is 36.4 Å². The maximum absolute atomic E-state index is 13.1. The summed E-state index contributed by atoms with van der Waals surface area (Å²) in [4.78, 5) is 15.4. The number of rotatable bonds is 4. The maximum atomic E-state index is 13.1. The van der Waals surface area contributed by atoms with E-state index < -0.39 is 0 Å². The molecule has 0 aliphatic carbocycles. The molecule has 0 bridgehead atoms. The Kier molecular flexibility index (Phi) is 5.33. The number of carbonyl (C=O) groups is 1. The van der Waals surface area contributed by atoms with Crippen molar-refractivity contribution in [2.24, 2.45) is 5.92 Å². The average molecular weight is 393 g/mol. The van der Waals surface area contributed by atoms with Crippen LogP contribution in [0.15, 0.2) is 36.1 Å². The van der Waals surface area contributed by atoms with Crippen molar-refractivity contribution in [3.63, 3.8) is 0 Å². The highest BCUT2D eigenvalue weighted by atomic mass is 16.5. The lowest BCUT2D eigenvalue weighted by molar-refractivity contribution is 0.101. The summed E-state index contributed by atoms with van der Waals surface area (Å²) in [6.07, 6.45) is 4.11. The zero-order chi connectivity index (χ0) is 20.5. The number of phenolic OH excluding ortho intramolecular Hbond substituents is 1. The van der Waals surface area contributed by atoms with Gasteiger partial charge in [-0.05, 0) is 67.6 Å². The molecule has 1 saturated heterocycles. The van der Waals surface area contributed by atoms with E-state index in [0.29, 0.717) is 29.3 Å². The Morgan fingerprint density at radius 1 is 1.34 bits per heavy atom. The third-order valence-electron chi connectivity index (χ3n) is 5.74. The van der Waals surface area contributed by atoms with Crippen LogP contribution in [-0.4, -0.2) is 36.0 Å². The predicted molar refractivity (Wildman–Crippen MR) is 112 cm³/mol. The molecule has 1 N–H and O–H groups in total. The molecule has 0 aromatic heterocycles. The molecular weight excluding hydrogens is 366 g/mol. The Morgan fingerprint density at radius 3 is 2.93 bits per heavy atom. The summed E-state index contributed by atoms with van der Waals surface area (Å²) in [5.74, 6) is 2.17. The minimum atomic E-state index is -0.145. The SMILES string of the molecule is COc1cccc(/C=C2/Oc3c(CN4CCCC(C)C4)c(O)cc(C)c3C2=O)c1. The fraction of sp³-hybridized carbons (Fsp3) is 0.375. The molecule has 2 aromatic rings. The van der Waals surface area contributed by atoms with Gasteiger partial charge in [-0.2, -0.15) is 0 Å². The summed E-state index contributed by atoms with van der Waals surface area (Å²) in [7, 11) is 1.61. The standard InChI is InChI=1S/C24H27NO4/c1-15-6-5-9-25(13-15)14-19-20(26)10-16(2)22-23(27)21(29-24(19)22)12-17-7-4-8-18(11-17)28-3/h4,7-8,10-12,15,26H,5-6,9,13-14H2,1-3H3/b21-12+. The second kappa shape index (κ2) is 7.91. The lowest BCUT2D eigenvalue weighted by atomic mass is 9.97. The van der Waals surface area contributed by atoms with Gasteiger partial charge in [-0.15, -0.1) is 0 Å². The van der Waals surface area contributed by atoms with E-state index >= 15 is 0 Å². The van der Waals surface area contributed by atoms with Crippen LogP contribution in [0.5, 0.6) is 17.2 Å². The van der Waals surface area contributed by atoms with Crippen molar-refractivity contribution in [1.29, 1.82) is 0 Å². The van der Waals surface area contributed by atoms with Crippen LogP contribution in [0.4, 0.5) is 0 Å². The van der Waals surface area contributed by atoms with E-state index in [9.17, 15) is 9.90 Å². The van der Waals surface area contributed by atoms with Crippen molar-refractivity contribution in [2.45, 2.75) is 33.2 Å². The van der Waals surface area contributed by atoms with E-state index in [4.69, 9.17) is 9.47 Å². The molecule has 4 rings (SSSR count). The number of hydrogen-bond acceptors (Lipinski definition) is 5. The number of fused-ring (bicyclic) bond motifs is 1. The number of methoxy groups -OCH3 is 1. The van der Waals surface area contributed by atoms with Crippen LogP contribution >= 0.6 is 0 Å². The largest absolute Gasteiger partial charge is 0.507 e. The number of aromatic hydroxyl groups is 1. The van der Waals surface area contributed by atoms with Gasteiger partial charge in [0.25, 0.3) is 0 Å². The van der Waals surface area contributed by atoms with Crippen LogP contribution < -0.4 is 9.47 Å². The first-order chi connectivity index (χ1) is 14.0. The summed E-state index contributed by atoms with van der Waals surface area (Å²) in [6.45, 7) is 6.65. The second-order valence-electron chi connectivity index (χ2n) is 8.09. The van der Waals surface area contributed by atoms with Crippen LogP contribution in [0, 0.1) is 12.8 Å². The van der Waals surface area contributed by atoms with Gasteiger partial charge in [0.2, 0.25) is 5.78 Å². The van der Waals surface area contributed by atoms with Gasteiger partial charge in [0.05, 0.1) is 18.2 Å². The van der Waals surface area contributed by atoms with Gasteiger partial charge in [0.15, 0.2) is 5.76 Å². The van der Waals surface area contributed by atoms with Crippen molar-refractivity contribution in [2.75, 3.05) is 20.2 Å². The number of likely N-dealkylation sites (tertiary alicyclic amines) is 1. The van der Waals surface area contributed by atoms with E-state index in [-0.39, 0.29) is 17.3 Å². The lowest BCUT2D eigenvalue weighted by Crippen LogP contribution is -2.33. The third kappa shape index (κ3) is 3.87. The molecule has 5 heteroatoms. The van der Waals surface area contributed by atoms with Crippen molar-refractivity contribution < 1.29 is 19.4 Å². The molecular formula is C24H27NO4. The normalized spacial score (nSPS) is 20.6. The first kappa shape index (κ1) is 19.5. The van der Waals surface area contributed by atoms with E-state index in [1.165, 1.54) is 6.42 Å². The Balaban J connectivity index is 1.68. The van der Waals surface area contributed by atoms with E-state index in [1.54, 1.807) is 19.3 Å². The number of allylic oxidation sites excluding steroid dienone is 1. The molecule has 0 amide bonds. The molecule has 1 unspecified atom stereocenters. The number of aryl methyl sites for hydroxylation is 1. The molecule has 0 saturated carbocycles. The summed E-state index contributed by atoms with van der Waals surface area (Å²) >= 11 is 0. The molecule has 2 heterocycles. The molecule has 1 fully saturated rings. The highest BCUT2D eigenvalue weighted by Crippen LogP contribution is 2.42. The highest BCUT2D eigenvalue weighted by Gasteiger charge is 2.34. The van der Waals surface area contributed by atoms with Gasteiger partial charge in [-0.3, -0.25) is 9.69 Å². The Bertz CT molecular complexity index is 979. The Labute approximate surface area is 171 Å². The molecule has 2 aliphatic heterocycles. The quantitative estimate of drug-likeness (QED) is 0.772. The summed E-state index contributed by atoms with van der Waals surface area (Å²) in [5.41, 5.74) is 2.81. The van der Waals surface area contributed by atoms with Gasteiger partial charge < -0.3 is 14.6 Å². The number of Topliss-reactive ketones (excluding diaryl/α,β-unsaturated/α-hetero) is 1. The fourth-order valence-corrected chi connectivity index (χ4v) is 4.27. The molecule has 152 valence electrons. The predicted octanol–water partition coefficient (Wildman–Crippen LogP) is 4.56. The number of nitrogens with zero attached hydrogens (tertiary/aromatic N) is 1. The van der Waals surface area contributed by atoms with Gasteiger partial charge in [0.1, 0.15) is 17.2 Å². The zero-order valence-electron chi connectivity index (χ0n) is 17.2. The van der Waals surface area contributed by atoms with Crippen molar-refractivity contribution >= 4 is 11.9 Å². The fourth-order valence-electron chi connectivity index (χ4n) is 4.27. The first-order valence-electron chi connectivity index (χ1n) is 10.1. The zero-order valence-corrected chi connectivity index (χ0v) is 17.2. The van der Waals surface area contributed by atoms with E-state index in [2.05, 4.69) is 11.8 Å². The van der Waals surface area contributed by atoms with Crippen LogP contribution in [0.1, 0.15) is 46.8 Å².